The molecule has 4 aliphatic carbocycles. The summed E-state index contributed by atoms with van der Waals surface area (Å²) in [5.74, 6) is 0.828. The van der Waals surface area contributed by atoms with E-state index in [1.807, 2.05) is 31.1 Å². The van der Waals surface area contributed by atoms with E-state index in [0.717, 1.165) is 22.9 Å². The van der Waals surface area contributed by atoms with Crippen LogP contribution in [0, 0.1) is 27.0 Å². The molecular formula is C36H38Cl4SiZr-4. The van der Waals surface area contributed by atoms with Crippen LogP contribution in [0.25, 0.3) is 0 Å². The van der Waals surface area contributed by atoms with Crippen LogP contribution in [0.2, 0.25) is 10.0 Å². The summed E-state index contributed by atoms with van der Waals surface area (Å²) < 4.78 is 0. The van der Waals surface area contributed by atoms with Gasteiger partial charge in [-0.15, -0.1) is 72.4 Å². The minimum atomic E-state index is 0. The quantitative estimate of drug-likeness (QED) is 0.213. The molecule has 42 heavy (non-hydrogen) atoms. The first-order valence-electron chi connectivity index (χ1n) is 12.7. The molecule has 0 spiro atoms. The Labute approximate surface area is 293 Å². The van der Waals surface area contributed by atoms with Gasteiger partial charge in [-0.05, 0) is 60.1 Å². The number of fused-ring (bicyclic) bond motifs is 2. The zero-order chi connectivity index (χ0) is 27.1. The summed E-state index contributed by atoms with van der Waals surface area (Å²) in [5, 5.41) is 1.58. The van der Waals surface area contributed by atoms with E-state index >= 15 is 0 Å². The number of hydrogen-bond donors (Lipinski definition) is 0. The molecule has 0 aromatic heterocycles. The van der Waals surface area contributed by atoms with Gasteiger partial charge in [0.2, 0.25) is 0 Å². The number of allylic oxidation sites excluding steroid dienone is 16. The van der Waals surface area contributed by atoms with Crippen molar-refractivity contribution >= 4 is 54.9 Å². The topological polar surface area (TPSA) is 0 Å². The van der Waals surface area contributed by atoms with Crippen molar-refractivity contribution in [3.8, 4) is 0 Å². The Morgan fingerprint density at radius 2 is 0.976 bits per heavy atom. The molecule has 2 unspecified atom stereocenters. The van der Waals surface area contributed by atoms with Gasteiger partial charge in [0, 0.05) is 10.0 Å². The van der Waals surface area contributed by atoms with Gasteiger partial charge in [0.15, 0.2) is 0 Å². The molecule has 0 saturated heterocycles. The molecule has 222 valence electrons. The summed E-state index contributed by atoms with van der Waals surface area (Å²) in [7, 11) is 0. The summed E-state index contributed by atoms with van der Waals surface area (Å²) in [6.45, 7) is 6.16. The summed E-state index contributed by atoms with van der Waals surface area (Å²) in [5.41, 5.74) is 10.3. The van der Waals surface area contributed by atoms with E-state index in [9.17, 15) is 0 Å². The predicted octanol–water partition coefficient (Wildman–Crippen LogP) is 10.8. The molecule has 2 aromatic carbocycles. The van der Waals surface area contributed by atoms with Crippen molar-refractivity contribution in [3.05, 3.63) is 179 Å². The molecule has 0 saturated carbocycles. The van der Waals surface area contributed by atoms with Crippen molar-refractivity contribution in [2.45, 2.75) is 38.5 Å². The van der Waals surface area contributed by atoms with Crippen LogP contribution in [0.4, 0.5) is 0 Å². The average molecular weight is 732 g/mol. The normalized spacial score (nSPS) is 18.8. The molecule has 6 rings (SSSR count). The van der Waals surface area contributed by atoms with Crippen LogP contribution < -0.4 is 0 Å². The Bertz CT molecular complexity index is 1310. The first kappa shape index (κ1) is 40.6. The Hall–Kier alpha value is -1.38. The molecular weight excluding hydrogens is 694 g/mol. The Morgan fingerprint density at radius 3 is 1.31 bits per heavy atom. The molecule has 0 heterocycles. The van der Waals surface area contributed by atoms with Gasteiger partial charge < -0.3 is 14.9 Å². The van der Waals surface area contributed by atoms with E-state index in [-0.39, 0.29) is 39.7 Å². The van der Waals surface area contributed by atoms with Crippen molar-refractivity contribution in [1.82, 2.24) is 0 Å². The minimum absolute atomic E-state index is 0. The molecule has 2 atom stereocenters. The number of hydrogen-bond acceptors (Lipinski definition) is 0. The van der Waals surface area contributed by atoms with Crippen LogP contribution >= 0.6 is 48.0 Å². The van der Waals surface area contributed by atoms with Gasteiger partial charge in [-0.3, -0.25) is 0 Å². The molecule has 4 aliphatic rings. The van der Waals surface area contributed by atoms with E-state index in [1.54, 1.807) is 23.3 Å². The zero-order valence-corrected chi connectivity index (χ0v) is 31.6. The molecule has 0 N–H and O–H groups in total. The van der Waals surface area contributed by atoms with Crippen LogP contribution in [-0.4, -0.2) is 6.88 Å². The first-order chi connectivity index (χ1) is 18.5. The van der Waals surface area contributed by atoms with Gasteiger partial charge in [0.05, 0.1) is 0 Å². The van der Waals surface area contributed by atoms with Gasteiger partial charge in [0.25, 0.3) is 0 Å². The van der Waals surface area contributed by atoms with Crippen LogP contribution in [0.3, 0.4) is 0 Å². The summed E-state index contributed by atoms with van der Waals surface area (Å²) >= 11 is 13.5. The standard InChI is InChI=1S/2C17H14Cl.2CH3.2ClH.H2Si.Zr/c2*1-12-10-14-4-2-3-5-16(17(14)11-12)13-6-8-15(18)9-7-13;;;;;;/h2*2-4,6-9,11,16H,5H2,1H3;2*1H3;2*1H;1H2;/q4*-1;;;;. The second-order valence-corrected chi connectivity index (χ2v) is 10.4. The van der Waals surface area contributed by atoms with Gasteiger partial charge in [-0.25, -0.2) is 0 Å². The van der Waals surface area contributed by atoms with Gasteiger partial charge >= 0.3 is 30.2 Å². The third kappa shape index (κ3) is 10.4. The molecule has 0 bridgehead atoms. The third-order valence-electron chi connectivity index (χ3n) is 6.87. The maximum atomic E-state index is 5.96. The second-order valence-electron chi connectivity index (χ2n) is 9.51. The van der Waals surface area contributed by atoms with Gasteiger partial charge in [0.1, 0.15) is 0 Å². The Balaban J connectivity index is 0.000000694. The molecule has 0 aliphatic heterocycles. The van der Waals surface area contributed by atoms with Crippen molar-refractivity contribution in [1.29, 1.82) is 0 Å². The van der Waals surface area contributed by atoms with Crippen molar-refractivity contribution in [2.75, 3.05) is 0 Å². The van der Waals surface area contributed by atoms with E-state index in [4.69, 9.17) is 23.2 Å². The molecule has 0 nitrogen and oxygen atoms in total. The Morgan fingerprint density at radius 1 is 0.643 bits per heavy atom. The summed E-state index contributed by atoms with van der Waals surface area (Å²) in [6.07, 6.45) is 26.4. The Kier molecular flexibility index (Phi) is 19.2. The van der Waals surface area contributed by atoms with Crippen LogP contribution in [0.1, 0.15) is 49.7 Å². The van der Waals surface area contributed by atoms with E-state index < -0.39 is 0 Å². The summed E-state index contributed by atoms with van der Waals surface area (Å²) in [4.78, 5) is 0. The molecule has 2 aromatic rings. The van der Waals surface area contributed by atoms with Gasteiger partial charge in [-0.2, -0.15) is 34.4 Å². The maximum absolute atomic E-state index is 5.96. The average Bonchev–Trinajstić information content (AvgIpc) is 3.34. The first-order valence-corrected chi connectivity index (χ1v) is 19.4. The number of rotatable bonds is 2. The van der Waals surface area contributed by atoms with Crippen LogP contribution in [0.15, 0.2) is 131 Å². The molecule has 0 radical (unpaired) electrons. The van der Waals surface area contributed by atoms with E-state index in [1.165, 1.54) is 44.6 Å². The summed E-state index contributed by atoms with van der Waals surface area (Å²) in [6, 6.07) is 16.4. The van der Waals surface area contributed by atoms with Crippen LogP contribution in [0.5, 0.6) is 0 Å². The SMILES string of the molecule is CC1=[C-]C2=CC=CCC(c3ccc(Cl)cc3)C2=C1.CC1=[C-]C2=CC=CCC(c3ccc(Cl)cc3)C2=C1.Cl.Cl.[CH3-].[CH3-].[SiH2]=[Zr]. The zero-order valence-electron chi connectivity index (χ0n) is 24.6. The monoisotopic (exact) mass is 728 g/mol. The number of halogens is 4. The molecule has 0 amide bonds. The van der Waals surface area contributed by atoms with E-state index in [2.05, 4.69) is 98.9 Å². The van der Waals surface area contributed by atoms with Crippen molar-refractivity contribution in [2.24, 2.45) is 0 Å². The predicted molar refractivity (Wildman–Crippen MR) is 189 cm³/mol. The van der Waals surface area contributed by atoms with Crippen molar-refractivity contribution < 1.29 is 23.3 Å². The van der Waals surface area contributed by atoms with E-state index in [0.29, 0.717) is 11.8 Å². The van der Waals surface area contributed by atoms with Crippen molar-refractivity contribution in [3.63, 3.8) is 0 Å². The number of benzene rings is 2. The fourth-order valence-electron chi connectivity index (χ4n) is 5.15. The van der Waals surface area contributed by atoms with Crippen LogP contribution in [-0.2, 0) is 23.3 Å². The fourth-order valence-corrected chi connectivity index (χ4v) is 5.40. The third-order valence-corrected chi connectivity index (χ3v) is 7.37. The second kappa shape index (κ2) is 19.8. The molecule has 6 heteroatoms. The van der Waals surface area contributed by atoms with Gasteiger partial charge in [-0.1, -0.05) is 73.5 Å². The molecule has 0 fully saturated rings. The fraction of sp³-hybridized carbons (Fsp3) is 0.167.